The second kappa shape index (κ2) is 7.59. The molecule has 0 aromatic rings. The van der Waals surface area contributed by atoms with E-state index in [1.807, 2.05) is 7.05 Å². The number of nitrogens with one attached hydrogen (secondary N) is 1. The van der Waals surface area contributed by atoms with Gasteiger partial charge >= 0.3 is 0 Å². The van der Waals surface area contributed by atoms with Gasteiger partial charge in [-0.25, -0.2) is 0 Å². The number of morpholine rings is 1. The monoisotopic (exact) mass is 283 g/mol. The number of ether oxygens (including phenoxy) is 1. The number of nitrogens with zero attached hydrogens (tertiary/aromatic N) is 2. The minimum atomic E-state index is 0.0224. The van der Waals surface area contributed by atoms with Crippen molar-refractivity contribution < 1.29 is 14.3 Å². The Morgan fingerprint density at radius 2 is 1.85 bits per heavy atom. The van der Waals surface area contributed by atoms with Gasteiger partial charge in [0.1, 0.15) is 0 Å². The number of carbonyl (C=O) groups is 2. The Morgan fingerprint density at radius 3 is 2.50 bits per heavy atom. The van der Waals surface area contributed by atoms with Gasteiger partial charge in [-0.2, -0.15) is 0 Å². The lowest BCUT2D eigenvalue weighted by molar-refractivity contribution is -0.136. The third-order valence-electron chi connectivity index (χ3n) is 3.90. The molecular weight excluding hydrogens is 258 g/mol. The van der Waals surface area contributed by atoms with Gasteiger partial charge in [0.2, 0.25) is 11.8 Å². The number of amides is 2. The lowest BCUT2D eigenvalue weighted by atomic mass is 10.2. The van der Waals surface area contributed by atoms with Gasteiger partial charge in [0.25, 0.3) is 0 Å². The van der Waals surface area contributed by atoms with E-state index in [-0.39, 0.29) is 24.9 Å². The molecule has 1 saturated heterocycles. The summed E-state index contributed by atoms with van der Waals surface area (Å²) in [6, 6.07) is 0.339. The van der Waals surface area contributed by atoms with Crippen LogP contribution in [0.1, 0.15) is 25.7 Å². The smallest absolute Gasteiger partial charge is 0.236 e. The zero-order valence-electron chi connectivity index (χ0n) is 12.3. The Hall–Kier alpha value is -1.14. The number of hydrogen-bond donors (Lipinski definition) is 1. The van der Waals surface area contributed by atoms with Gasteiger partial charge in [-0.05, 0) is 19.9 Å². The average Bonchev–Trinajstić information content (AvgIpc) is 2.92. The molecule has 0 atom stereocenters. The number of hydrogen-bond acceptors (Lipinski definition) is 4. The van der Waals surface area contributed by atoms with Crippen LogP contribution in [0.25, 0.3) is 0 Å². The van der Waals surface area contributed by atoms with E-state index in [4.69, 9.17) is 4.74 Å². The van der Waals surface area contributed by atoms with Crippen LogP contribution < -0.4 is 5.32 Å². The SMILES string of the molecule is CN(CC(=O)NC1CCCC1)CC(=O)N1CCOCC1. The first-order chi connectivity index (χ1) is 9.65. The van der Waals surface area contributed by atoms with Crippen molar-refractivity contribution in [2.75, 3.05) is 46.4 Å². The summed E-state index contributed by atoms with van der Waals surface area (Å²) in [5, 5.41) is 3.04. The molecule has 1 N–H and O–H groups in total. The Kier molecular flexibility index (Phi) is 5.79. The van der Waals surface area contributed by atoms with E-state index in [2.05, 4.69) is 5.32 Å². The molecule has 6 nitrogen and oxygen atoms in total. The van der Waals surface area contributed by atoms with Crippen LogP contribution in [-0.2, 0) is 14.3 Å². The van der Waals surface area contributed by atoms with Crippen molar-refractivity contribution in [1.29, 1.82) is 0 Å². The number of rotatable bonds is 5. The first kappa shape index (κ1) is 15.3. The number of carbonyl (C=O) groups excluding carboxylic acids is 2. The third kappa shape index (κ3) is 4.76. The molecule has 0 unspecified atom stereocenters. The Balaban J connectivity index is 1.66. The summed E-state index contributed by atoms with van der Waals surface area (Å²) in [6.07, 6.45) is 4.58. The van der Waals surface area contributed by atoms with Gasteiger partial charge in [0.15, 0.2) is 0 Å². The Bertz CT molecular complexity index is 337. The topological polar surface area (TPSA) is 61.9 Å². The van der Waals surface area contributed by atoms with E-state index in [1.54, 1.807) is 9.80 Å². The van der Waals surface area contributed by atoms with Crippen LogP contribution in [-0.4, -0.2) is 74.1 Å². The summed E-state index contributed by atoms with van der Waals surface area (Å²) in [5.74, 6) is 0.0960. The molecule has 20 heavy (non-hydrogen) atoms. The Morgan fingerprint density at radius 1 is 1.20 bits per heavy atom. The van der Waals surface area contributed by atoms with Gasteiger partial charge in [-0.1, -0.05) is 12.8 Å². The molecule has 2 aliphatic rings. The fraction of sp³-hybridized carbons (Fsp3) is 0.857. The summed E-state index contributed by atoms with van der Waals surface area (Å²) in [7, 11) is 1.81. The van der Waals surface area contributed by atoms with Crippen LogP contribution in [0.5, 0.6) is 0 Å². The predicted molar refractivity (Wildman–Crippen MR) is 75.3 cm³/mol. The zero-order valence-corrected chi connectivity index (χ0v) is 12.3. The zero-order chi connectivity index (χ0) is 14.4. The highest BCUT2D eigenvalue weighted by Crippen LogP contribution is 2.17. The second-order valence-electron chi connectivity index (χ2n) is 5.71. The molecule has 0 bridgehead atoms. The lowest BCUT2D eigenvalue weighted by Gasteiger charge is -2.28. The quantitative estimate of drug-likeness (QED) is 0.761. The fourth-order valence-electron chi connectivity index (χ4n) is 2.79. The van der Waals surface area contributed by atoms with Crippen molar-refractivity contribution in [1.82, 2.24) is 15.1 Å². The summed E-state index contributed by atoms with van der Waals surface area (Å²) >= 11 is 0. The summed E-state index contributed by atoms with van der Waals surface area (Å²) in [4.78, 5) is 27.5. The van der Waals surface area contributed by atoms with Crippen molar-refractivity contribution in [3.05, 3.63) is 0 Å². The largest absolute Gasteiger partial charge is 0.378 e. The molecule has 2 fully saturated rings. The minimum absolute atomic E-state index is 0.0224. The fourth-order valence-corrected chi connectivity index (χ4v) is 2.79. The summed E-state index contributed by atoms with van der Waals surface area (Å²) in [6.45, 7) is 3.10. The summed E-state index contributed by atoms with van der Waals surface area (Å²) < 4.78 is 5.22. The van der Waals surface area contributed by atoms with Crippen molar-refractivity contribution in [2.45, 2.75) is 31.7 Å². The van der Waals surface area contributed by atoms with Crippen LogP contribution in [0, 0.1) is 0 Å². The van der Waals surface area contributed by atoms with Crippen LogP contribution in [0.3, 0.4) is 0 Å². The van der Waals surface area contributed by atoms with Gasteiger partial charge < -0.3 is 15.0 Å². The van der Waals surface area contributed by atoms with Crippen molar-refractivity contribution in [3.63, 3.8) is 0 Å². The van der Waals surface area contributed by atoms with E-state index in [9.17, 15) is 9.59 Å². The van der Waals surface area contributed by atoms with Crippen molar-refractivity contribution >= 4 is 11.8 Å². The molecule has 0 aromatic carbocycles. The maximum atomic E-state index is 12.0. The van der Waals surface area contributed by atoms with Gasteiger partial charge in [0.05, 0.1) is 26.3 Å². The lowest BCUT2D eigenvalue weighted by Crippen LogP contribution is -2.47. The van der Waals surface area contributed by atoms with E-state index < -0.39 is 0 Å². The minimum Gasteiger partial charge on any atom is -0.378 e. The highest BCUT2D eigenvalue weighted by Gasteiger charge is 2.21. The first-order valence-electron chi connectivity index (χ1n) is 7.48. The van der Waals surface area contributed by atoms with Crippen LogP contribution in [0.2, 0.25) is 0 Å². The summed E-state index contributed by atoms with van der Waals surface area (Å²) in [5.41, 5.74) is 0. The van der Waals surface area contributed by atoms with E-state index >= 15 is 0 Å². The van der Waals surface area contributed by atoms with Crippen LogP contribution in [0.15, 0.2) is 0 Å². The molecule has 0 spiro atoms. The molecule has 6 heteroatoms. The molecule has 114 valence electrons. The second-order valence-corrected chi connectivity index (χ2v) is 5.71. The van der Waals surface area contributed by atoms with Crippen LogP contribution >= 0.6 is 0 Å². The van der Waals surface area contributed by atoms with Crippen molar-refractivity contribution in [2.24, 2.45) is 0 Å². The van der Waals surface area contributed by atoms with Gasteiger partial charge in [0, 0.05) is 19.1 Å². The highest BCUT2D eigenvalue weighted by atomic mass is 16.5. The molecule has 2 amide bonds. The van der Waals surface area contributed by atoms with Crippen molar-refractivity contribution in [3.8, 4) is 0 Å². The molecule has 1 aliphatic carbocycles. The molecule has 1 aliphatic heterocycles. The first-order valence-corrected chi connectivity index (χ1v) is 7.48. The number of likely N-dealkylation sites (N-methyl/N-ethyl adjacent to an activating group) is 1. The normalized spacial score (nSPS) is 20.4. The molecule has 0 radical (unpaired) electrons. The van der Waals surface area contributed by atoms with E-state index in [0.29, 0.717) is 32.3 Å². The van der Waals surface area contributed by atoms with E-state index in [0.717, 1.165) is 12.8 Å². The molecule has 2 rings (SSSR count). The highest BCUT2D eigenvalue weighted by molar-refractivity contribution is 5.81. The molecule has 1 saturated carbocycles. The molecule has 1 heterocycles. The maximum absolute atomic E-state index is 12.0. The predicted octanol–water partition coefficient (Wildman–Crippen LogP) is -0.164. The average molecular weight is 283 g/mol. The molecule has 0 aromatic heterocycles. The standard InChI is InChI=1S/C14H25N3O3/c1-16(10-13(18)15-12-4-2-3-5-12)11-14(19)17-6-8-20-9-7-17/h12H,2-11H2,1H3,(H,15,18). The van der Waals surface area contributed by atoms with Crippen LogP contribution in [0.4, 0.5) is 0 Å². The maximum Gasteiger partial charge on any atom is 0.236 e. The molecular formula is C14H25N3O3. The Labute approximate surface area is 120 Å². The third-order valence-corrected chi connectivity index (χ3v) is 3.90. The van der Waals surface area contributed by atoms with Gasteiger partial charge in [-0.15, -0.1) is 0 Å². The van der Waals surface area contributed by atoms with Gasteiger partial charge in [-0.3, -0.25) is 14.5 Å². The van der Waals surface area contributed by atoms with E-state index in [1.165, 1.54) is 12.8 Å².